The van der Waals surface area contributed by atoms with Crippen molar-refractivity contribution in [1.29, 1.82) is 0 Å². The van der Waals surface area contributed by atoms with Crippen molar-refractivity contribution >= 4 is 12.3 Å². The first-order chi connectivity index (χ1) is 9.19. The number of hydrogen-bond acceptors (Lipinski definition) is 4. The van der Waals surface area contributed by atoms with Gasteiger partial charge in [0.2, 0.25) is 0 Å². The highest BCUT2D eigenvalue weighted by Gasteiger charge is 2.44. The highest BCUT2D eigenvalue weighted by atomic mass is 16.5. The van der Waals surface area contributed by atoms with Crippen LogP contribution < -0.4 is 0 Å². The van der Waals surface area contributed by atoms with Crippen LogP contribution in [-0.4, -0.2) is 42.9 Å². The lowest BCUT2D eigenvalue weighted by atomic mass is 9.91. The first kappa shape index (κ1) is 13.7. The van der Waals surface area contributed by atoms with Gasteiger partial charge >= 0.3 is 5.97 Å². The van der Waals surface area contributed by atoms with Gasteiger partial charge in [-0.15, -0.1) is 0 Å². The van der Waals surface area contributed by atoms with E-state index in [-0.39, 0.29) is 24.0 Å². The lowest BCUT2D eigenvalue weighted by Crippen LogP contribution is -2.41. The number of rotatable bonds is 4. The minimum atomic E-state index is -0.377. The Bertz CT molecular complexity index is 446. The normalized spacial score (nSPS) is 27.2. The third-order valence-electron chi connectivity index (χ3n) is 3.75. The Hall–Kier alpha value is -1.68. The fourth-order valence-electron chi connectivity index (χ4n) is 2.77. The SMILES string of the molecule is CCOC(=O)C1C(c2ccccc2)CC(C=O)N1C. The standard InChI is InChI=1S/C15H19NO3/c1-3-19-15(18)14-13(9-12(10-17)16(14)2)11-7-5-4-6-8-11/h4-8,10,12-14H,3,9H2,1-2H3. The lowest BCUT2D eigenvalue weighted by Gasteiger charge is -2.24. The van der Waals surface area contributed by atoms with Crippen LogP contribution in [0, 0.1) is 0 Å². The van der Waals surface area contributed by atoms with Crippen LogP contribution >= 0.6 is 0 Å². The van der Waals surface area contributed by atoms with Gasteiger partial charge in [-0.1, -0.05) is 30.3 Å². The van der Waals surface area contributed by atoms with Gasteiger partial charge in [-0.25, -0.2) is 0 Å². The van der Waals surface area contributed by atoms with Crippen molar-refractivity contribution in [2.75, 3.05) is 13.7 Å². The monoisotopic (exact) mass is 261 g/mol. The molecular weight excluding hydrogens is 242 g/mol. The fourth-order valence-corrected chi connectivity index (χ4v) is 2.77. The molecule has 0 spiro atoms. The molecule has 1 aromatic rings. The van der Waals surface area contributed by atoms with Gasteiger partial charge in [0.25, 0.3) is 0 Å². The third kappa shape index (κ3) is 2.68. The number of likely N-dealkylation sites (tertiary alicyclic amines) is 1. The summed E-state index contributed by atoms with van der Waals surface area (Å²) in [5, 5.41) is 0. The van der Waals surface area contributed by atoms with Crippen LogP contribution in [0.3, 0.4) is 0 Å². The average Bonchev–Trinajstić information content (AvgIpc) is 2.77. The van der Waals surface area contributed by atoms with Crippen molar-refractivity contribution in [3.05, 3.63) is 35.9 Å². The number of benzene rings is 1. The maximum atomic E-state index is 12.1. The summed E-state index contributed by atoms with van der Waals surface area (Å²) in [4.78, 5) is 25.1. The van der Waals surface area contributed by atoms with Crippen molar-refractivity contribution in [3.63, 3.8) is 0 Å². The number of likely N-dealkylation sites (N-methyl/N-ethyl adjacent to an activating group) is 1. The summed E-state index contributed by atoms with van der Waals surface area (Å²) in [7, 11) is 1.81. The first-order valence-electron chi connectivity index (χ1n) is 6.57. The third-order valence-corrected chi connectivity index (χ3v) is 3.75. The van der Waals surface area contributed by atoms with E-state index in [4.69, 9.17) is 4.74 Å². The van der Waals surface area contributed by atoms with Crippen LogP contribution in [0.15, 0.2) is 30.3 Å². The summed E-state index contributed by atoms with van der Waals surface area (Å²) in [6.45, 7) is 2.15. The van der Waals surface area contributed by atoms with Crippen molar-refractivity contribution in [2.45, 2.75) is 31.3 Å². The molecule has 0 aliphatic carbocycles. The molecular formula is C15H19NO3. The summed E-state index contributed by atoms with van der Waals surface area (Å²) in [5.74, 6) is -0.233. The number of carbonyl (C=O) groups is 2. The van der Waals surface area contributed by atoms with Gasteiger partial charge in [-0.2, -0.15) is 0 Å². The van der Waals surface area contributed by atoms with E-state index in [1.165, 1.54) is 0 Å². The second kappa shape index (κ2) is 5.97. The Balaban J connectivity index is 2.29. The van der Waals surface area contributed by atoms with E-state index in [2.05, 4.69) is 0 Å². The summed E-state index contributed by atoms with van der Waals surface area (Å²) in [6.07, 6.45) is 1.57. The predicted molar refractivity (Wildman–Crippen MR) is 71.8 cm³/mol. The second-order valence-electron chi connectivity index (χ2n) is 4.82. The average molecular weight is 261 g/mol. The van der Waals surface area contributed by atoms with Crippen LogP contribution in [0.5, 0.6) is 0 Å². The van der Waals surface area contributed by atoms with Crippen molar-refractivity contribution in [2.24, 2.45) is 0 Å². The van der Waals surface area contributed by atoms with E-state index in [0.29, 0.717) is 13.0 Å². The molecule has 1 aliphatic heterocycles. The Morgan fingerprint density at radius 2 is 2.11 bits per heavy atom. The fraction of sp³-hybridized carbons (Fsp3) is 0.467. The van der Waals surface area contributed by atoms with E-state index in [9.17, 15) is 9.59 Å². The molecule has 0 N–H and O–H groups in total. The molecule has 1 aliphatic rings. The smallest absolute Gasteiger partial charge is 0.323 e. The number of ether oxygens (including phenoxy) is 1. The zero-order valence-electron chi connectivity index (χ0n) is 11.3. The maximum absolute atomic E-state index is 12.1. The van der Waals surface area contributed by atoms with Gasteiger partial charge in [0.15, 0.2) is 0 Å². The van der Waals surface area contributed by atoms with E-state index in [1.807, 2.05) is 42.3 Å². The van der Waals surface area contributed by atoms with Crippen molar-refractivity contribution in [1.82, 2.24) is 4.90 Å². The molecule has 1 heterocycles. The van der Waals surface area contributed by atoms with E-state index in [0.717, 1.165) is 11.8 Å². The van der Waals surface area contributed by atoms with E-state index in [1.54, 1.807) is 6.92 Å². The molecule has 1 fully saturated rings. The van der Waals surface area contributed by atoms with Gasteiger partial charge in [0, 0.05) is 5.92 Å². The molecule has 1 saturated heterocycles. The Kier molecular flexibility index (Phi) is 4.32. The topological polar surface area (TPSA) is 46.6 Å². The molecule has 3 unspecified atom stereocenters. The van der Waals surface area contributed by atoms with Crippen molar-refractivity contribution in [3.8, 4) is 0 Å². The number of carbonyl (C=O) groups excluding carboxylic acids is 2. The lowest BCUT2D eigenvalue weighted by molar-refractivity contribution is -0.148. The van der Waals surface area contributed by atoms with Crippen molar-refractivity contribution < 1.29 is 14.3 Å². The van der Waals surface area contributed by atoms with E-state index < -0.39 is 0 Å². The Morgan fingerprint density at radius 3 is 2.68 bits per heavy atom. The minimum Gasteiger partial charge on any atom is -0.465 e. The molecule has 0 amide bonds. The van der Waals surface area contributed by atoms with Crippen LogP contribution in [0.2, 0.25) is 0 Å². The Labute approximate surface area is 113 Å². The van der Waals surface area contributed by atoms with Crippen LogP contribution in [0.1, 0.15) is 24.8 Å². The second-order valence-corrected chi connectivity index (χ2v) is 4.82. The molecule has 4 heteroatoms. The summed E-state index contributed by atoms with van der Waals surface area (Å²) in [6, 6.07) is 9.24. The number of esters is 1. The van der Waals surface area contributed by atoms with Gasteiger partial charge in [-0.3, -0.25) is 9.69 Å². The zero-order chi connectivity index (χ0) is 13.8. The molecule has 0 aromatic heterocycles. The molecule has 3 atom stereocenters. The van der Waals surface area contributed by atoms with Gasteiger partial charge in [0.05, 0.1) is 12.6 Å². The number of aldehydes is 1. The van der Waals surface area contributed by atoms with Crippen LogP contribution in [0.25, 0.3) is 0 Å². The van der Waals surface area contributed by atoms with E-state index >= 15 is 0 Å². The molecule has 2 rings (SSSR count). The molecule has 102 valence electrons. The highest BCUT2D eigenvalue weighted by molar-refractivity contribution is 5.79. The maximum Gasteiger partial charge on any atom is 0.323 e. The van der Waals surface area contributed by atoms with Crippen LogP contribution in [-0.2, 0) is 14.3 Å². The largest absolute Gasteiger partial charge is 0.465 e. The molecule has 0 bridgehead atoms. The molecule has 1 aromatic carbocycles. The summed E-state index contributed by atoms with van der Waals surface area (Å²) in [5.41, 5.74) is 1.08. The summed E-state index contributed by atoms with van der Waals surface area (Å²) < 4.78 is 5.14. The predicted octanol–water partition coefficient (Wildman–Crippen LogP) is 1.60. The highest BCUT2D eigenvalue weighted by Crippen LogP contribution is 2.36. The minimum absolute atomic E-state index is 0.0143. The molecule has 19 heavy (non-hydrogen) atoms. The van der Waals surface area contributed by atoms with Gasteiger partial charge < -0.3 is 9.53 Å². The van der Waals surface area contributed by atoms with Gasteiger partial charge in [0.1, 0.15) is 12.3 Å². The zero-order valence-corrected chi connectivity index (χ0v) is 11.3. The number of hydrogen-bond donors (Lipinski definition) is 0. The Morgan fingerprint density at radius 1 is 1.42 bits per heavy atom. The quantitative estimate of drug-likeness (QED) is 0.610. The van der Waals surface area contributed by atoms with Gasteiger partial charge in [-0.05, 0) is 26.0 Å². The summed E-state index contributed by atoms with van der Waals surface area (Å²) >= 11 is 0. The molecule has 0 radical (unpaired) electrons. The molecule has 4 nitrogen and oxygen atoms in total. The number of nitrogens with zero attached hydrogens (tertiary/aromatic N) is 1. The van der Waals surface area contributed by atoms with Crippen LogP contribution in [0.4, 0.5) is 0 Å². The first-order valence-corrected chi connectivity index (χ1v) is 6.57. The molecule has 0 saturated carbocycles.